The zero-order valence-corrected chi connectivity index (χ0v) is 13.5. The monoisotopic (exact) mass is 356 g/mol. The fourth-order valence-electron chi connectivity index (χ4n) is 1.68. The Balaban J connectivity index is 1.88. The lowest BCUT2D eigenvalue weighted by atomic mass is 10.1. The molecule has 0 heterocycles. The molecular formula is C15H11Cl3N2O2. The molecule has 0 unspecified atom stereocenters. The van der Waals surface area contributed by atoms with Crippen LogP contribution in [0.5, 0.6) is 0 Å². The highest BCUT2D eigenvalue weighted by molar-refractivity contribution is 6.42. The Bertz CT molecular complexity index is 702. The van der Waals surface area contributed by atoms with Gasteiger partial charge in [-0.2, -0.15) is 0 Å². The number of carbonyl (C=O) groups is 2. The minimum atomic E-state index is -0.431. The topological polar surface area (TPSA) is 58.2 Å². The summed E-state index contributed by atoms with van der Waals surface area (Å²) in [5, 5.41) is 1.32. The van der Waals surface area contributed by atoms with Crippen LogP contribution in [-0.4, -0.2) is 11.8 Å². The van der Waals surface area contributed by atoms with Crippen LogP contribution in [0.1, 0.15) is 15.9 Å². The Morgan fingerprint density at radius 2 is 1.55 bits per heavy atom. The number of rotatable bonds is 3. The van der Waals surface area contributed by atoms with Crippen LogP contribution in [0.4, 0.5) is 0 Å². The molecule has 0 atom stereocenters. The highest BCUT2D eigenvalue weighted by atomic mass is 35.5. The predicted molar refractivity (Wildman–Crippen MR) is 87.2 cm³/mol. The first-order valence-electron chi connectivity index (χ1n) is 6.24. The van der Waals surface area contributed by atoms with Crippen LogP contribution in [0.25, 0.3) is 0 Å². The predicted octanol–water partition coefficient (Wildman–Crippen LogP) is 3.65. The first kappa shape index (κ1) is 16.6. The number of nitrogens with one attached hydrogen (secondary N) is 2. The second-order valence-corrected chi connectivity index (χ2v) is 5.69. The van der Waals surface area contributed by atoms with Crippen LogP contribution >= 0.6 is 34.8 Å². The lowest BCUT2D eigenvalue weighted by Crippen LogP contribution is -2.42. The second kappa shape index (κ2) is 7.49. The van der Waals surface area contributed by atoms with Crippen molar-refractivity contribution in [1.29, 1.82) is 0 Å². The number of halogens is 3. The summed E-state index contributed by atoms with van der Waals surface area (Å²) >= 11 is 17.4. The fraction of sp³-hybridized carbons (Fsp3) is 0.0667. The molecule has 0 bridgehead atoms. The van der Waals surface area contributed by atoms with Crippen molar-refractivity contribution in [3.8, 4) is 0 Å². The van der Waals surface area contributed by atoms with E-state index in [-0.39, 0.29) is 12.3 Å². The lowest BCUT2D eigenvalue weighted by Gasteiger charge is -2.08. The number of hydrogen-bond donors (Lipinski definition) is 2. The molecule has 0 spiro atoms. The van der Waals surface area contributed by atoms with Gasteiger partial charge in [-0.15, -0.1) is 0 Å². The van der Waals surface area contributed by atoms with Gasteiger partial charge in [0.05, 0.1) is 16.5 Å². The smallest absolute Gasteiger partial charge is 0.269 e. The molecule has 0 aliphatic heterocycles. The first-order valence-corrected chi connectivity index (χ1v) is 7.38. The van der Waals surface area contributed by atoms with Gasteiger partial charge in [-0.1, -0.05) is 40.9 Å². The zero-order chi connectivity index (χ0) is 16.1. The Morgan fingerprint density at radius 3 is 2.18 bits per heavy atom. The van der Waals surface area contributed by atoms with Crippen LogP contribution in [0.15, 0.2) is 42.5 Å². The quantitative estimate of drug-likeness (QED) is 0.824. The van der Waals surface area contributed by atoms with Gasteiger partial charge in [0, 0.05) is 10.6 Å². The summed E-state index contributed by atoms with van der Waals surface area (Å²) in [6.07, 6.45) is 0.0672. The average molecular weight is 358 g/mol. The third-order valence-corrected chi connectivity index (χ3v) is 3.76. The lowest BCUT2D eigenvalue weighted by molar-refractivity contribution is -0.121. The summed E-state index contributed by atoms with van der Waals surface area (Å²) in [7, 11) is 0. The van der Waals surface area contributed by atoms with E-state index in [1.54, 1.807) is 42.5 Å². The second-order valence-electron chi connectivity index (χ2n) is 4.43. The molecule has 114 valence electrons. The number of hydrogen-bond acceptors (Lipinski definition) is 2. The van der Waals surface area contributed by atoms with Crippen molar-refractivity contribution in [3.05, 3.63) is 68.7 Å². The van der Waals surface area contributed by atoms with Crippen LogP contribution in [0.3, 0.4) is 0 Å². The molecule has 0 saturated carbocycles. The van der Waals surface area contributed by atoms with Gasteiger partial charge in [0.25, 0.3) is 5.91 Å². The van der Waals surface area contributed by atoms with E-state index in [1.165, 1.54) is 0 Å². The van der Waals surface area contributed by atoms with E-state index in [0.29, 0.717) is 26.2 Å². The molecule has 2 N–H and O–H groups in total. The summed E-state index contributed by atoms with van der Waals surface area (Å²) in [6, 6.07) is 11.2. The number of hydrazine groups is 1. The fourth-order valence-corrected chi connectivity index (χ4v) is 2.13. The van der Waals surface area contributed by atoms with Gasteiger partial charge in [0.1, 0.15) is 0 Å². The van der Waals surface area contributed by atoms with E-state index in [1.807, 2.05) is 0 Å². The van der Waals surface area contributed by atoms with Gasteiger partial charge in [-0.05, 0) is 42.0 Å². The molecule has 2 aromatic rings. The Morgan fingerprint density at radius 1 is 0.864 bits per heavy atom. The minimum Gasteiger partial charge on any atom is -0.273 e. The van der Waals surface area contributed by atoms with E-state index in [0.717, 1.165) is 0 Å². The first-order chi connectivity index (χ1) is 10.5. The van der Waals surface area contributed by atoms with E-state index < -0.39 is 5.91 Å². The third-order valence-electron chi connectivity index (χ3n) is 2.77. The Labute approximate surface area is 142 Å². The maximum atomic E-state index is 11.8. The zero-order valence-electron chi connectivity index (χ0n) is 11.2. The molecule has 0 saturated heterocycles. The molecule has 7 heteroatoms. The molecule has 0 aliphatic carbocycles. The van der Waals surface area contributed by atoms with E-state index in [4.69, 9.17) is 34.8 Å². The highest BCUT2D eigenvalue weighted by Crippen LogP contribution is 2.22. The largest absolute Gasteiger partial charge is 0.273 e. The van der Waals surface area contributed by atoms with Crippen molar-refractivity contribution in [1.82, 2.24) is 10.9 Å². The molecule has 22 heavy (non-hydrogen) atoms. The van der Waals surface area contributed by atoms with Gasteiger partial charge in [-0.3, -0.25) is 20.4 Å². The highest BCUT2D eigenvalue weighted by Gasteiger charge is 2.09. The third kappa shape index (κ3) is 4.63. The average Bonchev–Trinajstić information content (AvgIpc) is 2.49. The van der Waals surface area contributed by atoms with Crippen LogP contribution < -0.4 is 10.9 Å². The van der Waals surface area contributed by atoms with Gasteiger partial charge in [0.15, 0.2) is 0 Å². The van der Waals surface area contributed by atoms with Crippen molar-refractivity contribution >= 4 is 46.6 Å². The maximum Gasteiger partial charge on any atom is 0.269 e. The van der Waals surface area contributed by atoms with Gasteiger partial charge < -0.3 is 0 Å². The van der Waals surface area contributed by atoms with Crippen molar-refractivity contribution in [3.63, 3.8) is 0 Å². The van der Waals surface area contributed by atoms with Gasteiger partial charge in [-0.25, -0.2) is 0 Å². The molecule has 0 radical (unpaired) electrons. The maximum absolute atomic E-state index is 11.8. The molecule has 2 aromatic carbocycles. The summed E-state index contributed by atoms with van der Waals surface area (Å²) < 4.78 is 0. The standard InChI is InChI=1S/C15H11Cl3N2O2/c16-11-4-2-10(3-5-11)15(22)20-19-14(21)8-9-1-6-12(17)13(18)7-9/h1-7H,8H2,(H,19,21)(H,20,22). The van der Waals surface area contributed by atoms with Crippen molar-refractivity contribution in [2.75, 3.05) is 0 Å². The van der Waals surface area contributed by atoms with Crippen LogP contribution in [0, 0.1) is 0 Å². The van der Waals surface area contributed by atoms with Crippen LogP contribution in [0.2, 0.25) is 15.1 Å². The van der Waals surface area contributed by atoms with Gasteiger partial charge >= 0.3 is 0 Å². The number of carbonyl (C=O) groups excluding carboxylic acids is 2. The number of amides is 2. The minimum absolute atomic E-state index is 0.0672. The summed E-state index contributed by atoms with van der Waals surface area (Å²) in [6.45, 7) is 0. The van der Waals surface area contributed by atoms with Crippen molar-refractivity contribution < 1.29 is 9.59 Å². The van der Waals surface area contributed by atoms with E-state index >= 15 is 0 Å². The molecule has 2 rings (SSSR count). The van der Waals surface area contributed by atoms with Crippen molar-refractivity contribution in [2.45, 2.75) is 6.42 Å². The SMILES string of the molecule is O=C(Cc1ccc(Cl)c(Cl)c1)NNC(=O)c1ccc(Cl)cc1. The molecular weight excluding hydrogens is 347 g/mol. The van der Waals surface area contributed by atoms with E-state index in [2.05, 4.69) is 10.9 Å². The van der Waals surface area contributed by atoms with E-state index in [9.17, 15) is 9.59 Å². The molecule has 0 aromatic heterocycles. The Kier molecular flexibility index (Phi) is 5.66. The molecule has 2 amide bonds. The summed E-state index contributed by atoms with van der Waals surface area (Å²) in [5.74, 6) is -0.806. The normalized spacial score (nSPS) is 10.1. The molecule has 4 nitrogen and oxygen atoms in total. The summed E-state index contributed by atoms with van der Waals surface area (Å²) in [4.78, 5) is 23.6. The van der Waals surface area contributed by atoms with Crippen molar-refractivity contribution in [2.24, 2.45) is 0 Å². The number of benzene rings is 2. The molecule has 0 aliphatic rings. The van der Waals surface area contributed by atoms with Crippen LogP contribution in [-0.2, 0) is 11.2 Å². The summed E-state index contributed by atoms with van der Waals surface area (Å²) in [5.41, 5.74) is 5.73. The van der Waals surface area contributed by atoms with Gasteiger partial charge in [0.2, 0.25) is 5.91 Å². The molecule has 0 fully saturated rings. The Hall–Kier alpha value is -1.75.